The van der Waals surface area contributed by atoms with Crippen molar-refractivity contribution < 1.29 is 19.5 Å². The third kappa shape index (κ3) is 3.96. The largest absolute Gasteiger partial charge is 0.478 e. The number of carbonyl (C=O) groups excluding carboxylic acids is 2. The van der Waals surface area contributed by atoms with Gasteiger partial charge in [-0.3, -0.25) is 14.3 Å². The summed E-state index contributed by atoms with van der Waals surface area (Å²) in [5, 5.41) is 14.3. The second-order valence-corrected chi connectivity index (χ2v) is 10.7. The van der Waals surface area contributed by atoms with Crippen LogP contribution < -0.4 is 0 Å². The fourth-order valence-corrected chi connectivity index (χ4v) is 5.88. The highest BCUT2D eigenvalue weighted by Crippen LogP contribution is 2.44. The van der Waals surface area contributed by atoms with E-state index in [0.29, 0.717) is 41.9 Å². The number of carboxylic acid groups (broad SMARTS) is 1. The van der Waals surface area contributed by atoms with E-state index in [-0.39, 0.29) is 28.7 Å². The van der Waals surface area contributed by atoms with Crippen LogP contribution in [0.15, 0.2) is 42.9 Å². The van der Waals surface area contributed by atoms with Gasteiger partial charge in [0.2, 0.25) is 0 Å². The van der Waals surface area contributed by atoms with Gasteiger partial charge in [0, 0.05) is 42.1 Å². The van der Waals surface area contributed by atoms with Gasteiger partial charge in [-0.15, -0.1) is 0 Å². The summed E-state index contributed by atoms with van der Waals surface area (Å²) in [4.78, 5) is 51.4. The van der Waals surface area contributed by atoms with Gasteiger partial charge in [-0.25, -0.2) is 14.8 Å². The molecule has 10 heteroatoms. The number of rotatable bonds is 4. The maximum Gasteiger partial charge on any atom is 0.335 e. The van der Waals surface area contributed by atoms with Crippen LogP contribution in [0.2, 0.25) is 0 Å². The van der Waals surface area contributed by atoms with Crippen molar-refractivity contribution in [3.63, 3.8) is 0 Å². The lowest BCUT2D eigenvalue weighted by Gasteiger charge is -2.43. The van der Waals surface area contributed by atoms with Crippen LogP contribution in [-0.4, -0.2) is 65.5 Å². The average molecular weight is 513 g/mol. The van der Waals surface area contributed by atoms with Crippen molar-refractivity contribution in [1.82, 2.24) is 29.6 Å². The molecule has 38 heavy (non-hydrogen) atoms. The van der Waals surface area contributed by atoms with Crippen LogP contribution in [0.4, 0.5) is 0 Å². The van der Waals surface area contributed by atoms with E-state index < -0.39 is 5.97 Å². The lowest BCUT2D eigenvalue weighted by atomic mass is 9.67. The first kappa shape index (κ1) is 24.0. The zero-order valence-corrected chi connectivity index (χ0v) is 21.3. The second-order valence-electron chi connectivity index (χ2n) is 10.7. The van der Waals surface area contributed by atoms with Crippen molar-refractivity contribution in [2.75, 3.05) is 13.1 Å². The Kier molecular flexibility index (Phi) is 5.62. The SMILES string of the molecule is CC(C)n1ncc2c1C(=O)CC1(CCN(C(=O)c3cc4c(-c5ccc(C(=O)O)cc5)ncnc4[nH]3)CC1)C2. The highest BCUT2D eigenvalue weighted by Gasteiger charge is 2.43. The van der Waals surface area contributed by atoms with Crippen LogP contribution in [0.3, 0.4) is 0 Å². The minimum atomic E-state index is -0.995. The zero-order chi connectivity index (χ0) is 26.6. The molecule has 4 aromatic rings. The number of carboxylic acids is 1. The number of nitrogens with zero attached hydrogens (tertiary/aromatic N) is 5. The zero-order valence-electron chi connectivity index (χ0n) is 21.3. The Balaban J connectivity index is 1.20. The smallest absolute Gasteiger partial charge is 0.335 e. The van der Waals surface area contributed by atoms with Gasteiger partial charge in [0.1, 0.15) is 23.4 Å². The molecule has 1 aliphatic carbocycles. The number of amides is 1. The van der Waals surface area contributed by atoms with Crippen molar-refractivity contribution in [2.24, 2.45) is 5.41 Å². The molecule has 0 bridgehead atoms. The van der Waals surface area contributed by atoms with E-state index in [4.69, 9.17) is 0 Å². The quantitative estimate of drug-likeness (QED) is 0.419. The second kappa shape index (κ2) is 8.90. The van der Waals surface area contributed by atoms with Gasteiger partial charge >= 0.3 is 5.97 Å². The topological polar surface area (TPSA) is 134 Å². The predicted molar refractivity (Wildman–Crippen MR) is 139 cm³/mol. The number of fused-ring (bicyclic) bond motifs is 2. The molecule has 0 radical (unpaired) electrons. The Morgan fingerprint density at radius 1 is 1.08 bits per heavy atom. The maximum atomic E-state index is 13.4. The van der Waals surface area contributed by atoms with E-state index in [9.17, 15) is 19.5 Å². The number of benzene rings is 1. The molecular weight excluding hydrogens is 484 g/mol. The predicted octanol–water partition coefficient (Wildman–Crippen LogP) is 4.15. The van der Waals surface area contributed by atoms with Gasteiger partial charge in [-0.1, -0.05) is 12.1 Å². The van der Waals surface area contributed by atoms with Crippen LogP contribution >= 0.6 is 0 Å². The van der Waals surface area contributed by atoms with Gasteiger partial charge in [-0.2, -0.15) is 5.10 Å². The third-order valence-corrected chi connectivity index (χ3v) is 7.90. The number of nitrogens with one attached hydrogen (secondary N) is 1. The van der Waals surface area contributed by atoms with E-state index in [1.165, 1.54) is 18.5 Å². The molecule has 0 atom stereocenters. The number of piperidine rings is 1. The molecule has 0 saturated carbocycles. The molecule has 2 aliphatic rings. The summed E-state index contributed by atoms with van der Waals surface area (Å²) in [6.07, 6.45) is 6.09. The number of Topliss-reactive ketones (excluding diaryl/α,β-unsaturated/α-hetero) is 1. The molecule has 1 aliphatic heterocycles. The Morgan fingerprint density at radius 3 is 2.50 bits per heavy atom. The Morgan fingerprint density at radius 2 is 1.82 bits per heavy atom. The minimum absolute atomic E-state index is 0.111. The fraction of sp³-hybridized carbons (Fsp3) is 0.357. The van der Waals surface area contributed by atoms with Crippen molar-refractivity contribution in [3.8, 4) is 11.3 Å². The molecule has 3 aromatic heterocycles. The van der Waals surface area contributed by atoms with E-state index in [1.54, 1.807) is 18.2 Å². The number of H-pyrrole nitrogens is 1. The number of aromatic nitrogens is 5. The molecule has 1 amide bonds. The molecule has 1 fully saturated rings. The Hall–Kier alpha value is -4.34. The monoisotopic (exact) mass is 512 g/mol. The maximum absolute atomic E-state index is 13.4. The van der Waals surface area contributed by atoms with Crippen LogP contribution in [-0.2, 0) is 6.42 Å². The first-order chi connectivity index (χ1) is 18.2. The molecule has 10 nitrogen and oxygen atoms in total. The number of hydrogen-bond acceptors (Lipinski definition) is 6. The number of ketones is 1. The Labute approximate surface area is 218 Å². The van der Waals surface area contributed by atoms with Gasteiger partial charge < -0.3 is 15.0 Å². The molecule has 0 unspecified atom stereocenters. The molecule has 1 spiro atoms. The van der Waals surface area contributed by atoms with E-state index in [2.05, 4.69) is 20.1 Å². The number of likely N-dealkylation sites (tertiary alicyclic amines) is 1. The number of carbonyl (C=O) groups is 3. The van der Waals surface area contributed by atoms with Crippen LogP contribution in [0.5, 0.6) is 0 Å². The fourth-order valence-electron chi connectivity index (χ4n) is 5.88. The highest BCUT2D eigenvalue weighted by molar-refractivity contribution is 6.01. The number of hydrogen-bond donors (Lipinski definition) is 2. The van der Waals surface area contributed by atoms with Crippen molar-refractivity contribution in [1.29, 1.82) is 0 Å². The molecule has 2 N–H and O–H groups in total. The molecule has 1 saturated heterocycles. The average Bonchev–Trinajstić information content (AvgIpc) is 3.53. The van der Waals surface area contributed by atoms with E-state index >= 15 is 0 Å². The molecule has 4 heterocycles. The molecule has 6 rings (SSSR count). The third-order valence-electron chi connectivity index (χ3n) is 7.90. The van der Waals surface area contributed by atoms with Crippen molar-refractivity contribution in [2.45, 2.75) is 45.6 Å². The summed E-state index contributed by atoms with van der Waals surface area (Å²) in [6, 6.07) is 8.36. The summed E-state index contributed by atoms with van der Waals surface area (Å²) < 4.78 is 1.83. The first-order valence-electron chi connectivity index (χ1n) is 12.8. The van der Waals surface area contributed by atoms with Gasteiger partial charge in [0.25, 0.3) is 5.91 Å². The van der Waals surface area contributed by atoms with Crippen LogP contribution in [0.1, 0.15) is 76.1 Å². The van der Waals surface area contributed by atoms with Crippen molar-refractivity contribution in [3.05, 3.63) is 65.4 Å². The number of aromatic carboxylic acids is 1. The summed E-state index contributed by atoms with van der Waals surface area (Å²) >= 11 is 0. The summed E-state index contributed by atoms with van der Waals surface area (Å²) in [5.74, 6) is -0.957. The molecule has 1 aromatic carbocycles. The number of aromatic amines is 1. The standard InChI is InChI=1S/C28H28N6O4/c1-16(2)34-24-19(14-31-34)12-28(13-22(24)35)7-9-33(10-8-28)26(36)21-11-20-23(29-15-30-25(20)32-21)17-3-5-18(6-4-17)27(37)38/h3-6,11,14-16H,7-10,12-13H2,1-2H3,(H,37,38)(H,29,30,32). The van der Waals surface area contributed by atoms with Gasteiger partial charge in [0.15, 0.2) is 5.78 Å². The lowest BCUT2D eigenvalue weighted by molar-refractivity contribution is 0.0513. The summed E-state index contributed by atoms with van der Waals surface area (Å²) in [7, 11) is 0. The van der Waals surface area contributed by atoms with Gasteiger partial charge in [-0.05, 0) is 56.7 Å². The van der Waals surface area contributed by atoms with Crippen molar-refractivity contribution >= 4 is 28.7 Å². The van der Waals surface area contributed by atoms with Crippen LogP contribution in [0.25, 0.3) is 22.3 Å². The normalized spacial score (nSPS) is 16.8. The first-order valence-corrected chi connectivity index (χ1v) is 12.8. The summed E-state index contributed by atoms with van der Waals surface area (Å²) in [6.45, 7) is 5.21. The summed E-state index contributed by atoms with van der Waals surface area (Å²) in [5.41, 5.74) is 4.16. The Bertz CT molecular complexity index is 1570. The molecule has 194 valence electrons. The lowest BCUT2D eigenvalue weighted by Crippen LogP contribution is -2.46. The highest BCUT2D eigenvalue weighted by atomic mass is 16.4. The van der Waals surface area contributed by atoms with E-state index in [0.717, 1.165) is 36.1 Å². The van der Waals surface area contributed by atoms with Crippen LogP contribution in [0, 0.1) is 5.41 Å². The minimum Gasteiger partial charge on any atom is -0.478 e. The van der Waals surface area contributed by atoms with E-state index in [1.807, 2.05) is 29.6 Å². The van der Waals surface area contributed by atoms with Gasteiger partial charge in [0.05, 0.1) is 17.5 Å². The molecular formula is C28H28N6O4.